The van der Waals surface area contributed by atoms with Crippen molar-refractivity contribution < 1.29 is 5.11 Å². The van der Waals surface area contributed by atoms with Crippen LogP contribution in [0.4, 0.5) is 22.7 Å². The molecule has 5 N–H and O–H groups in total. The van der Waals surface area contributed by atoms with Gasteiger partial charge in [-0.1, -0.05) is 30.8 Å². The predicted molar refractivity (Wildman–Crippen MR) is 131 cm³/mol. The molecule has 1 heterocycles. The summed E-state index contributed by atoms with van der Waals surface area (Å²) in [4.78, 5) is 13.0. The van der Waals surface area contributed by atoms with Gasteiger partial charge >= 0.3 is 0 Å². The highest BCUT2D eigenvalue weighted by Gasteiger charge is 2.25. The zero-order chi connectivity index (χ0) is 22.7. The smallest absolute Gasteiger partial charge is 0.227 e. The van der Waals surface area contributed by atoms with Crippen LogP contribution in [-0.2, 0) is 0 Å². The molecule has 8 nitrogen and oxygen atoms in total. The maximum atomic E-state index is 9.68. The standard InChI is InChI=1S/C24H25N7O/c1-16-21-9-4-5-10-22(21)27-24(31(16)18-11-13-20(32)14-12-18)29-28-23(25)26-17-7-6-8-19(15-17)30(2)3/h4-15,32H,1H2,2-3H3,(H,27,29)(H3,25,26,28). The monoisotopic (exact) mass is 427 g/mol. The Hall–Kier alpha value is -4.46. The maximum Gasteiger partial charge on any atom is 0.227 e. The summed E-state index contributed by atoms with van der Waals surface area (Å²) < 4.78 is 0. The number of nitrogens with two attached hydrogens (primary N) is 1. The number of benzene rings is 3. The lowest BCUT2D eigenvalue weighted by Crippen LogP contribution is -2.52. The molecule has 8 heteroatoms. The van der Waals surface area contributed by atoms with Crippen molar-refractivity contribution in [1.82, 2.24) is 10.9 Å². The first-order valence-electron chi connectivity index (χ1n) is 10.0. The number of nitrogens with zero attached hydrogens (tertiary/aromatic N) is 4. The second-order valence-electron chi connectivity index (χ2n) is 7.41. The molecule has 0 spiro atoms. The van der Waals surface area contributed by atoms with Crippen molar-refractivity contribution in [2.24, 2.45) is 15.7 Å². The highest BCUT2D eigenvalue weighted by Crippen LogP contribution is 2.35. The van der Waals surface area contributed by atoms with Crippen LogP contribution in [0.25, 0.3) is 5.70 Å². The van der Waals surface area contributed by atoms with E-state index in [-0.39, 0.29) is 11.7 Å². The van der Waals surface area contributed by atoms with E-state index >= 15 is 0 Å². The summed E-state index contributed by atoms with van der Waals surface area (Å²) in [5.74, 6) is 0.830. The number of hydrogen-bond donors (Lipinski definition) is 4. The summed E-state index contributed by atoms with van der Waals surface area (Å²) in [6, 6.07) is 22.3. The minimum Gasteiger partial charge on any atom is -0.508 e. The molecule has 1 aliphatic rings. The van der Waals surface area contributed by atoms with Crippen molar-refractivity contribution in [3.05, 3.63) is 84.9 Å². The molecule has 0 atom stereocenters. The molecule has 0 unspecified atom stereocenters. The fraction of sp³-hybridized carbons (Fsp3) is 0.0833. The number of phenols is 1. The molecule has 3 aromatic carbocycles. The quantitative estimate of drug-likeness (QED) is 0.289. The number of hydrazine groups is 1. The third-order valence-corrected chi connectivity index (χ3v) is 4.93. The predicted octanol–water partition coefficient (Wildman–Crippen LogP) is 3.68. The van der Waals surface area contributed by atoms with E-state index in [0.717, 1.165) is 34.0 Å². The van der Waals surface area contributed by atoms with Gasteiger partial charge in [0.2, 0.25) is 11.9 Å². The number of aromatic hydroxyl groups is 1. The molecule has 4 rings (SSSR count). The maximum absolute atomic E-state index is 9.68. The fourth-order valence-corrected chi connectivity index (χ4v) is 3.32. The van der Waals surface area contributed by atoms with Gasteiger partial charge in [-0.25, -0.2) is 9.98 Å². The van der Waals surface area contributed by atoms with Crippen LogP contribution in [0.2, 0.25) is 0 Å². The number of hydrogen-bond acceptors (Lipinski definition) is 6. The molecule has 0 saturated heterocycles. The van der Waals surface area contributed by atoms with Gasteiger partial charge in [-0.3, -0.25) is 15.8 Å². The fourth-order valence-electron chi connectivity index (χ4n) is 3.32. The van der Waals surface area contributed by atoms with Gasteiger partial charge in [0.25, 0.3) is 0 Å². The van der Waals surface area contributed by atoms with Crippen molar-refractivity contribution in [3.63, 3.8) is 0 Å². The Balaban J connectivity index is 1.61. The minimum atomic E-state index is 0.178. The molecule has 0 radical (unpaired) electrons. The molecular formula is C24H25N7O. The summed E-state index contributed by atoms with van der Waals surface area (Å²) in [5, 5.41) is 9.68. The number of nitrogens with one attached hydrogen (secondary N) is 2. The molecule has 0 fully saturated rings. The van der Waals surface area contributed by atoms with Crippen LogP contribution in [-0.4, -0.2) is 31.1 Å². The summed E-state index contributed by atoms with van der Waals surface area (Å²) in [5.41, 5.74) is 17.0. The zero-order valence-corrected chi connectivity index (χ0v) is 17.9. The first kappa shape index (κ1) is 20.8. The van der Waals surface area contributed by atoms with Gasteiger partial charge in [0, 0.05) is 31.0 Å². The van der Waals surface area contributed by atoms with Gasteiger partial charge in [-0.15, -0.1) is 0 Å². The van der Waals surface area contributed by atoms with Gasteiger partial charge in [-0.05, 0) is 48.5 Å². The van der Waals surface area contributed by atoms with E-state index in [1.165, 1.54) is 0 Å². The van der Waals surface area contributed by atoms with E-state index in [1.54, 1.807) is 24.3 Å². The lowest BCUT2D eigenvalue weighted by molar-refractivity contribution is 0.475. The van der Waals surface area contributed by atoms with E-state index in [2.05, 4.69) is 22.4 Å². The average Bonchev–Trinajstić information content (AvgIpc) is 2.79. The summed E-state index contributed by atoms with van der Waals surface area (Å²) >= 11 is 0. The summed E-state index contributed by atoms with van der Waals surface area (Å²) in [6.45, 7) is 4.26. The molecule has 162 valence electrons. The minimum absolute atomic E-state index is 0.178. The van der Waals surface area contributed by atoms with Crippen LogP contribution >= 0.6 is 0 Å². The number of anilines is 2. The van der Waals surface area contributed by atoms with E-state index in [0.29, 0.717) is 5.96 Å². The lowest BCUT2D eigenvalue weighted by atomic mass is 10.1. The van der Waals surface area contributed by atoms with Crippen LogP contribution in [0.5, 0.6) is 5.75 Å². The van der Waals surface area contributed by atoms with E-state index in [1.807, 2.05) is 72.4 Å². The van der Waals surface area contributed by atoms with Crippen LogP contribution in [0, 0.1) is 0 Å². The highest BCUT2D eigenvalue weighted by molar-refractivity contribution is 6.12. The molecule has 1 aliphatic heterocycles. The van der Waals surface area contributed by atoms with Gasteiger partial charge in [0.05, 0.1) is 17.1 Å². The third kappa shape index (κ3) is 4.34. The van der Waals surface area contributed by atoms with Gasteiger partial charge < -0.3 is 15.7 Å². The second-order valence-corrected chi connectivity index (χ2v) is 7.41. The summed E-state index contributed by atoms with van der Waals surface area (Å²) in [6.07, 6.45) is 0. The van der Waals surface area contributed by atoms with Crippen molar-refractivity contribution in [1.29, 1.82) is 0 Å². The average molecular weight is 428 g/mol. The molecule has 0 bridgehead atoms. The first-order chi connectivity index (χ1) is 15.4. The number of rotatable bonds is 3. The Labute approximate surface area is 187 Å². The number of fused-ring (bicyclic) bond motifs is 1. The molecular weight excluding hydrogens is 402 g/mol. The molecule has 0 amide bonds. The Morgan fingerprint density at radius 1 is 1.06 bits per heavy atom. The molecule has 0 aromatic heterocycles. The van der Waals surface area contributed by atoms with Crippen LogP contribution in [0.3, 0.4) is 0 Å². The van der Waals surface area contributed by atoms with Gasteiger partial charge in [-0.2, -0.15) is 0 Å². The molecule has 3 aromatic rings. The van der Waals surface area contributed by atoms with Crippen LogP contribution < -0.4 is 26.4 Å². The van der Waals surface area contributed by atoms with E-state index in [9.17, 15) is 5.11 Å². The zero-order valence-electron chi connectivity index (χ0n) is 17.9. The van der Waals surface area contributed by atoms with E-state index < -0.39 is 0 Å². The normalized spacial score (nSPS) is 13.3. The van der Waals surface area contributed by atoms with Crippen molar-refractivity contribution in [3.8, 4) is 5.75 Å². The lowest BCUT2D eigenvalue weighted by Gasteiger charge is -2.32. The summed E-state index contributed by atoms with van der Waals surface area (Å²) in [7, 11) is 3.94. The molecule has 0 saturated carbocycles. The molecule has 0 aliphatic carbocycles. The largest absolute Gasteiger partial charge is 0.508 e. The first-order valence-corrected chi connectivity index (χ1v) is 10.0. The SMILES string of the molecule is C=C1c2ccccc2N=C(NNC(N)=Nc2cccc(N(C)C)c2)N1c1ccc(O)cc1. The van der Waals surface area contributed by atoms with Crippen molar-refractivity contribution in [2.45, 2.75) is 0 Å². The number of phenolic OH excluding ortho intramolecular Hbond substituents is 1. The Morgan fingerprint density at radius 2 is 1.81 bits per heavy atom. The van der Waals surface area contributed by atoms with Crippen molar-refractivity contribution in [2.75, 3.05) is 23.9 Å². The topological polar surface area (TPSA) is 102 Å². The van der Waals surface area contributed by atoms with Gasteiger partial charge in [0.15, 0.2) is 0 Å². The van der Waals surface area contributed by atoms with E-state index in [4.69, 9.17) is 10.7 Å². The van der Waals surface area contributed by atoms with Crippen LogP contribution in [0.1, 0.15) is 5.56 Å². The van der Waals surface area contributed by atoms with Crippen LogP contribution in [0.15, 0.2) is 89.4 Å². The highest BCUT2D eigenvalue weighted by atomic mass is 16.3. The Bertz CT molecular complexity index is 1200. The second kappa shape index (κ2) is 8.73. The number of aliphatic imine (C=N–C) groups is 2. The third-order valence-electron chi connectivity index (χ3n) is 4.93. The van der Waals surface area contributed by atoms with Crippen molar-refractivity contribution >= 4 is 40.4 Å². The number of para-hydroxylation sites is 1. The Kier molecular flexibility index (Phi) is 5.67. The molecule has 32 heavy (non-hydrogen) atoms. The van der Waals surface area contributed by atoms with Gasteiger partial charge in [0.1, 0.15) is 5.75 Å². The number of guanidine groups is 2. The Morgan fingerprint density at radius 3 is 2.56 bits per heavy atom.